The summed E-state index contributed by atoms with van der Waals surface area (Å²) in [7, 11) is -4.99. The second-order valence-electron chi connectivity index (χ2n) is 9.33. The standard InChI is InChI=1S/C24H30O13S/c1-11(7-13-3-5-15(25)16(26)9-13)12(2)8-14-4-6-17(37-38(32,33)34)18(10-14)35-24-21(29)19(27)20(28)22(36-24)23(30)31/h3-6,9-12,19-22,24-29H,7-8H2,1-2H3,(H,30,31)(H,32,33,34)/t11?,12?,19-,20-,21+,22-,24+/m0/s1. The van der Waals surface area contributed by atoms with E-state index in [1.165, 1.54) is 30.3 Å². The summed E-state index contributed by atoms with van der Waals surface area (Å²) < 4.78 is 46.9. The summed E-state index contributed by atoms with van der Waals surface area (Å²) in [6.07, 6.45) is -8.62. The van der Waals surface area contributed by atoms with Gasteiger partial charge in [-0.15, -0.1) is 0 Å². The van der Waals surface area contributed by atoms with E-state index >= 15 is 0 Å². The number of carbonyl (C=O) groups is 1. The van der Waals surface area contributed by atoms with Gasteiger partial charge < -0.3 is 44.3 Å². The maximum atomic E-state index is 11.4. The highest BCUT2D eigenvalue weighted by Gasteiger charge is 2.48. The highest BCUT2D eigenvalue weighted by molar-refractivity contribution is 7.81. The molecule has 0 saturated carbocycles. The molecule has 38 heavy (non-hydrogen) atoms. The van der Waals surface area contributed by atoms with E-state index in [1.807, 2.05) is 13.8 Å². The molecule has 7 N–H and O–H groups in total. The van der Waals surface area contributed by atoms with Gasteiger partial charge in [0, 0.05) is 0 Å². The first-order valence-electron chi connectivity index (χ1n) is 11.6. The molecule has 210 valence electrons. The van der Waals surface area contributed by atoms with Crippen LogP contribution in [0.15, 0.2) is 36.4 Å². The number of phenolic OH excluding ortho intramolecular Hbond substituents is 2. The Balaban J connectivity index is 1.82. The predicted octanol–water partition coefficient (Wildman–Crippen LogP) is 0.608. The van der Waals surface area contributed by atoms with E-state index in [-0.39, 0.29) is 29.1 Å². The van der Waals surface area contributed by atoms with Gasteiger partial charge in [0.05, 0.1) is 0 Å². The fourth-order valence-corrected chi connectivity index (χ4v) is 4.43. The zero-order valence-corrected chi connectivity index (χ0v) is 21.2. The van der Waals surface area contributed by atoms with Gasteiger partial charge in [0.1, 0.15) is 18.3 Å². The monoisotopic (exact) mass is 558 g/mol. The largest absolute Gasteiger partial charge is 0.504 e. The summed E-state index contributed by atoms with van der Waals surface area (Å²) >= 11 is 0. The molecule has 7 atom stereocenters. The zero-order chi connectivity index (χ0) is 28.4. The van der Waals surface area contributed by atoms with E-state index < -0.39 is 52.8 Å². The molecule has 0 radical (unpaired) electrons. The second-order valence-corrected chi connectivity index (χ2v) is 10.4. The van der Waals surface area contributed by atoms with Gasteiger partial charge in [0.2, 0.25) is 6.29 Å². The molecular formula is C24H30O13S. The van der Waals surface area contributed by atoms with Gasteiger partial charge in [-0.2, -0.15) is 8.42 Å². The molecule has 0 aromatic heterocycles. The molecule has 0 bridgehead atoms. The van der Waals surface area contributed by atoms with Gasteiger partial charge in [-0.1, -0.05) is 26.0 Å². The van der Waals surface area contributed by atoms with E-state index in [0.29, 0.717) is 18.4 Å². The number of rotatable bonds is 10. The molecule has 1 fully saturated rings. The quantitative estimate of drug-likeness (QED) is 0.157. The van der Waals surface area contributed by atoms with Crippen molar-refractivity contribution in [2.24, 2.45) is 11.8 Å². The number of hydrogen-bond acceptors (Lipinski definition) is 11. The van der Waals surface area contributed by atoms with Crippen LogP contribution in [0.4, 0.5) is 0 Å². The van der Waals surface area contributed by atoms with Crippen LogP contribution in [0.2, 0.25) is 0 Å². The molecule has 2 aromatic rings. The first kappa shape index (κ1) is 29.4. The molecule has 1 aliphatic rings. The fraction of sp³-hybridized carbons (Fsp3) is 0.458. The third kappa shape index (κ3) is 7.24. The SMILES string of the molecule is CC(Cc1ccc(O)c(O)c1)C(C)Cc1ccc(OS(=O)(=O)O)c(O[C@@H]2O[C@H](C(=O)O)[C@@H](O)[C@H](O)[C@H]2O)c1. The Labute approximate surface area is 218 Å². The lowest BCUT2D eigenvalue weighted by Crippen LogP contribution is -2.61. The Bertz CT molecular complexity index is 1250. The Morgan fingerprint density at radius 2 is 1.47 bits per heavy atom. The molecule has 2 aromatic carbocycles. The maximum absolute atomic E-state index is 11.4. The lowest BCUT2D eigenvalue weighted by molar-refractivity contribution is -0.271. The van der Waals surface area contributed by atoms with Crippen molar-refractivity contribution in [3.8, 4) is 23.0 Å². The van der Waals surface area contributed by atoms with E-state index in [4.69, 9.17) is 14.0 Å². The van der Waals surface area contributed by atoms with Crippen molar-refractivity contribution in [3.63, 3.8) is 0 Å². The van der Waals surface area contributed by atoms with Crippen LogP contribution in [0, 0.1) is 11.8 Å². The Kier molecular flexibility index (Phi) is 9.07. The van der Waals surface area contributed by atoms with Crippen LogP contribution >= 0.6 is 0 Å². The van der Waals surface area contributed by atoms with Gasteiger partial charge >= 0.3 is 16.4 Å². The highest BCUT2D eigenvalue weighted by Crippen LogP contribution is 2.35. The first-order valence-corrected chi connectivity index (χ1v) is 12.9. The molecule has 0 spiro atoms. The normalized spacial score (nSPS) is 25.4. The van der Waals surface area contributed by atoms with E-state index in [1.54, 1.807) is 6.07 Å². The number of aliphatic hydroxyl groups excluding tert-OH is 3. The summed E-state index contributed by atoms with van der Waals surface area (Å²) in [5, 5.41) is 58.6. The number of carboxylic acid groups (broad SMARTS) is 1. The van der Waals surface area contributed by atoms with Crippen LogP contribution < -0.4 is 8.92 Å². The minimum atomic E-state index is -4.99. The van der Waals surface area contributed by atoms with Crippen molar-refractivity contribution in [2.45, 2.75) is 57.4 Å². The van der Waals surface area contributed by atoms with Crippen molar-refractivity contribution in [1.29, 1.82) is 0 Å². The molecule has 13 nitrogen and oxygen atoms in total. The van der Waals surface area contributed by atoms with Crippen LogP contribution in [0.1, 0.15) is 25.0 Å². The van der Waals surface area contributed by atoms with Crippen LogP contribution in [0.5, 0.6) is 23.0 Å². The Hall–Kier alpha value is -3.14. The number of ether oxygens (including phenoxy) is 2. The van der Waals surface area contributed by atoms with Gasteiger partial charge in [-0.05, 0) is 60.1 Å². The third-order valence-corrected chi connectivity index (χ3v) is 6.78. The molecule has 1 saturated heterocycles. The number of phenols is 2. The topological polar surface area (TPSA) is 221 Å². The van der Waals surface area contributed by atoms with E-state index in [0.717, 1.165) is 5.56 Å². The summed E-state index contributed by atoms with van der Waals surface area (Å²) in [4.78, 5) is 11.4. The minimum Gasteiger partial charge on any atom is -0.504 e. The highest BCUT2D eigenvalue weighted by atomic mass is 32.3. The van der Waals surface area contributed by atoms with Gasteiger partial charge in [0.15, 0.2) is 29.1 Å². The number of hydrogen-bond donors (Lipinski definition) is 7. The number of aliphatic hydroxyl groups is 3. The molecule has 2 unspecified atom stereocenters. The van der Waals surface area contributed by atoms with Crippen LogP contribution in [-0.2, 0) is 32.8 Å². The number of aliphatic carboxylic acids is 1. The van der Waals surface area contributed by atoms with Crippen LogP contribution in [-0.4, -0.2) is 80.3 Å². The lowest BCUT2D eigenvalue weighted by atomic mass is 9.85. The van der Waals surface area contributed by atoms with E-state index in [9.17, 15) is 43.9 Å². The molecule has 0 aliphatic carbocycles. The minimum absolute atomic E-state index is 0.0250. The molecule has 1 aliphatic heterocycles. The van der Waals surface area contributed by atoms with Crippen molar-refractivity contribution in [1.82, 2.24) is 0 Å². The van der Waals surface area contributed by atoms with Crippen molar-refractivity contribution in [2.75, 3.05) is 0 Å². The zero-order valence-electron chi connectivity index (χ0n) is 20.4. The first-order chi connectivity index (χ1) is 17.7. The third-order valence-electron chi connectivity index (χ3n) is 6.39. The van der Waals surface area contributed by atoms with Crippen molar-refractivity contribution < 1.29 is 62.1 Å². The molecule has 14 heteroatoms. The predicted molar refractivity (Wildman–Crippen MR) is 129 cm³/mol. The smallest absolute Gasteiger partial charge is 0.446 e. The molecule has 1 heterocycles. The summed E-state index contributed by atoms with van der Waals surface area (Å²) in [5.41, 5.74) is 1.41. The molecular weight excluding hydrogens is 528 g/mol. The molecule has 3 rings (SSSR count). The lowest BCUT2D eigenvalue weighted by Gasteiger charge is -2.38. The van der Waals surface area contributed by atoms with Gasteiger partial charge in [-0.3, -0.25) is 4.55 Å². The van der Waals surface area contributed by atoms with Gasteiger partial charge in [-0.25, -0.2) is 4.79 Å². The van der Waals surface area contributed by atoms with Gasteiger partial charge in [0.25, 0.3) is 0 Å². The summed E-state index contributed by atoms with van der Waals surface area (Å²) in [6.45, 7) is 3.93. The maximum Gasteiger partial charge on any atom is 0.446 e. The van der Waals surface area contributed by atoms with Crippen LogP contribution in [0.3, 0.4) is 0 Å². The van der Waals surface area contributed by atoms with Crippen molar-refractivity contribution >= 4 is 16.4 Å². The second kappa shape index (κ2) is 11.7. The fourth-order valence-electron chi connectivity index (χ4n) is 4.07. The summed E-state index contributed by atoms with van der Waals surface area (Å²) in [5.74, 6) is -2.83. The van der Waals surface area contributed by atoms with Crippen molar-refractivity contribution in [3.05, 3.63) is 47.5 Å². The number of aromatic hydroxyl groups is 2. The van der Waals surface area contributed by atoms with Crippen LogP contribution in [0.25, 0.3) is 0 Å². The summed E-state index contributed by atoms with van der Waals surface area (Å²) in [6, 6.07) is 8.60. The van der Waals surface area contributed by atoms with E-state index in [2.05, 4.69) is 4.18 Å². The molecule has 0 amide bonds. The Morgan fingerprint density at radius 3 is 2.03 bits per heavy atom. The Morgan fingerprint density at radius 1 is 0.895 bits per heavy atom. The average molecular weight is 559 g/mol. The number of carboxylic acids is 1. The average Bonchev–Trinajstić information content (AvgIpc) is 2.82. The number of benzene rings is 2.